The van der Waals surface area contributed by atoms with E-state index < -0.39 is 0 Å². The van der Waals surface area contributed by atoms with Crippen molar-refractivity contribution in [1.29, 1.82) is 0 Å². The molecule has 0 heterocycles. The van der Waals surface area contributed by atoms with Crippen molar-refractivity contribution in [3.63, 3.8) is 0 Å². The second-order valence-electron chi connectivity index (χ2n) is 20.6. The van der Waals surface area contributed by atoms with E-state index in [2.05, 4.69) is 211 Å². The number of hydrogen-bond acceptors (Lipinski definition) is 0. The second-order valence-corrected chi connectivity index (χ2v) is 20.6. The fourth-order valence-electron chi connectivity index (χ4n) is 13.3. The lowest BCUT2D eigenvalue weighted by Crippen LogP contribution is -2.15. The van der Waals surface area contributed by atoms with Crippen molar-refractivity contribution in [2.75, 3.05) is 0 Å². The van der Waals surface area contributed by atoms with Gasteiger partial charge in [-0.15, -0.1) is 0 Å². The molecule has 0 radical (unpaired) electrons. The summed E-state index contributed by atoms with van der Waals surface area (Å²) in [6.45, 7) is 13.9. The summed E-state index contributed by atoms with van der Waals surface area (Å²) in [6.07, 6.45) is 0. The monoisotopic (exact) mass is 850 g/mol. The Morgan fingerprint density at radius 1 is 0.269 bits per heavy atom. The van der Waals surface area contributed by atoms with E-state index in [9.17, 15) is 0 Å². The number of fused-ring (bicyclic) bond motifs is 17. The third kappa shape index (κ3) is 4.78. The van der Waals surface area contributed by atoms with E-state index in [1.165, 1.54) is 176 Å². The van der Waals surface area contributed by atoms with Gasteiger partial charge in [0.15, 0.2) is 0 Å². The first kappa shape index (κ1) is 37.4. The first-order valence-electron chi connectivity index (χ1n) is 24.0. The van der Waals surface area contributed by atoms with Gasteiger partial charge in [-0.1, -0.05) is 158 Å². The lowest BCUT2D eigenvalue weighted by molar-refractivity contribution is 0.661. The van der Waals surface area contributed by atoms with Crippen LogP contribution in [-0.2, 0) is 5.41 Å². The highest BCUT2D eigenvalue weighted by Crippen LogP contribution is 2.56. The standard InChI is InChI=1S/C67H46/c1-35-15-21-43-53(27-35)51(31-57-49-23-17-37(3)63-47-13-9-7-11-41(47)59(65(49)63)33-55(43)57)39-19-25-45-46-26-20-40(30-62(46)67(5,6)61(45)29-39)52-32-58-50-24-18-38(4)64-48-14-10-8-12-42(48)60(66(50)64)34-56(58)44-22-16-36(2)28-54(44)52/h7-34H,1-6H3. The van der Waals surface area contributed by atoms with Gasteiger partial charge in [-0.05, 0) is 229 Å². The molecule has 12 aromatic carbocycles. The number of rotatable bonds is 2. The Kier molecular flexibility index (Phi) is 7.12. The smallest absolute Gasteiger partial charge is 0.0159 e. The largest absolute Gasteiger partial charge is 0.0616 e. The van der Waals surface area contributed by atoms with Gasteiger partial charge >= 0.3 is 0 Å². The summed E-state index contributed by atoms with van der Waals surface area (Å²) in [4.78, 5) is 0. The van der Waals surface area contributed by atoms with Crippen molar-refractivity contribution in [2.45, 2.75) is 47.0 Å². The van der Waals surface area contributed by atoms with Crippen LogP contribution < -0.4 is 0 Å². The van der Waals surface area contributed by atoms with Gasteiger partial charge in [0, 0.05) is 5.41 Å². The second kappa shape index (κ2) is 12.8. The van der Waals surface area contributed by atoms with Crippen molar-refractivity contribution in [3.05, 3.63) is 203 Å². The fourth-order valence-corrected chi connectivity index (χ4v) is 13.3. The molecule has 0 aromatic heterocycles. The van der Waals surface area contributed by atoms with Gasteiger partial charge in [0.2, 0.25) is 0 Å². The maximum absolute atomic E-state index is 2.52. The molecule has 0 saturated carbocycles. The van der Waals surface area contributed by atoms with E-state index in [4.69, 9.17) is 0 Å². The molecule has 0 amide bonds. The minimum absolute atomic E-state index is 0.209. The molecular formula is C67H46. The molecule has 0 atom stereocenters. The molecule has 3 aliphatic carbocycles. The Bertz CT molecular complexity index is 4040. The molecule has 3 aliphatic rings. The molecular weight excluding hydrogens is 805 g/mol. The highest BCUT2D eigenvalue weighted by molar-refractivity contribution is 6.31. The van der Waals surface area contributed by atoms with E-state index in [-0.39, 0.29) is 5.41 Å². The molecule has 0 fully saturated rings. The summed E-state index contributed by atoms with van der Waals surface area (Å²) in [7, 11) is 0. The predicted molar refractivity (Wildman–Crippen MR) is 288 cm³/mol. The van der Waals surface area contributed by atoms with Crippen LogP contribution in [0.3, 0.4) is 0 Å². The van der Waals surface area contributed by atoms with Gasteiger partial charge in [0.05, 0.1) is 0 Å². The molecule has 0 N–H and O–H groups in total. The van der Waals surface area contributed by atoms with Gasteiger partial charge in [-0.2, -0.15) is 0 Å². The maximum atomic E-state index is 2.52. The van der Waals surface area contributed by atoms with Crippen LogP contribution in [0.25, 0.3) is 143 Å². The first-order valence-corrected chi connectivity index (χ1v) is 24.0. The molecule has 0 unspecified atom stereocenters. The lowest BCUT2D eigenvalue weighted by Gasteiger charge is -2.23. The van der Waals surface area contributed by atoms with E-state index in [1.54, 1.807) is 0 Å². The third-order valence-electron chi connectivity index (χ3n) is 16.5. The Morgan fingerprint density at radius 2 is 0.657 bits per heavy atom. The predicted octanol–water partition coefficient (Wildman–Crippen LogP) is 18.8. The van der Waals surface area contributed by atoms with Gasteiger partial charge < -0.3 is 0 Å². The van der Waals surface area contributed by atoms with Crippen LogP contribution in [0.5, 0.6) is 0 Å². The quantitative estimate of drug-likeness (QED) is 0.152. The van der Waals surface area contributed by atoms with Crippen LogP contribution in [0.15, 0.2) is 170 Å². The van der Waals surface area contributed by atoms with Gasteiger partial charge in [-0.25, -0.2) is 0 Å². The third-order valence-corrected chi connectivity index (χ3v) is 16.5. The van der Waals surface area contributed by atoms with Gasteiger partial charge in [0.1, 0.15) is 0 Å². The highest BCUT2D eigenvalue weighted by atomic mass is 14.4. The summed E-state index contributed by atoms with van der Waals surface area (Å²) in [5, 5.41) is 16.0. The molecule has 15 rings (SSSR count). The summed E-state index contributed by atoms with van der Waals surface area (Å²) in [5.74, 6) is 0. The normalized spacial score (nSPS) is 13.6. The Morgan fingerprint density at radius 3 is 1.10 bits per heavy atom. The SMILES string of the molecule is Cc1ccc2c(c1)c(-c1ccc3c(c1)C(C)(C)c1cc(-c4cc5c6ccc(C)c7c6c(cc5c5ccc(C)cc45)-c4ccccc4-7)ccc1-3)cc1c3ccc(C)c4c3c(cc21)-c1ccccc1-4. The fraction of sp³-hybridized carbons (Fsp3) is 0.104. The molecule has 0 spiro atoms. The average molecular weight is 851 g/mol. The molecule has 314 valence electrons. The van der Waals surface area contributed by atoms with Crippen LogP contribution >= 0.6 is 0 Å². The Hall–Kier alpha value is -7.80. The molecule has 0 nitrogen and oxygen atoms in total. The van der Waals surface area contributed by atoms with Crippen LogP contribution in [0.4, 0.5) is 0 Å². The first-order chi connectivity index (χ1) is 32.6. The minimum Gasteiger partial charge on any atom is -0.0616 e. The number of benzene rings is 12. The van der Waals surface area contributed by atoms with E-state index in [0.29, 0.717) is 0 Å². The minimum atomic E-state index is -0.209. The molecule has 0 bridgehead atoms. The summed E-state index contributed by atoms with van der Waals surface area (Å²) in [6, 6.07) is 66.2. The van der Waals surface area contributed by atoms with Crippen LogP contribution in [0.1, 0.15) is 47.2 Å². The molecule has 0 aliphatic heterocycles. The highest BCUT2D eigenvalue weighted by Gasteiger charge is 2.36. The average Bonchev–Trinajstić information content (AvgIpc) is 3.94. The molecule has 12 aromatic rings. The summed E-state index contributed by atoms with van der Waals surface area (Å²) < 4.78 is 0. The summed E-state index contributed by atoms with van der Waals surface area (Å²) in [5.41, 5.74) is 26.5. The number of hydrogen-bond donors (Lipinski definition) is 0. The molecule has 0 saturated heterocycles. The van der Waals surface area contributed by atoms with E-state index >= 15 is 0 Å². The van der Waals surface area contributed by atoms with Crippen LogP contribution in [0.2, 0.25) is 0 Å². The van der Waals surface area contributed by atoms with Crippen molar-refractivity contribution < 1.29 is 0 Å². The van der Waals surface area contributed by atoms with Gasteiger partial charge in [-0.3, -0.25) is 0 Å². The summed E-state index contributed by atoms with van der Waals surface area (Å²) >= 11 is 0. The zero-order chi connectivity index (χ0) is 44.8. The van der Waals surface area contributed by atoms with Gasteiger partial charge in [0.25, 0.3) is 0 Å². The van der Waals surface area contributed by atoms with Crippen molar-refractivity contribution in [1.82, 2.24) is 0 Å². The Balaban J connectivity index is 0.914. The maximum Gasteiger partial charge on any atom is 0.0159 e. The van der Waals surface area contributed by atoms with E-state index in [0.717, 1.165) is 0 Å². The number of aryl methyl sites for hydroxylation is 4. The van der Waals surface area contributed by atoms with Crippen LogP contribution in [0, 0.1) is 27.7 Å². The molecule has 0 heteroatoms. The lowest BCUT2D eigenvalue weighted by atomic mass is 9.80. The van der Waals surface area contributed by atoms with Crippen LogP contribution in [-0.4, -0.2) is 0 Å². The zero-order valence-corrected chi connectivity index (χ0v) is 38.7. The zero-order valence-electron chi connectivity index (χ0n) is 38.7. The van der Waals surface area contributed by atoms with Crippen molar-refractivity contribution in [3.8, 4) is 77.9 Å². The van der Waals surface area contributed by atoms with E-state index in [1.807, 2.05) is 0 Å². The van der Waals surface area contributed by atoms with Crippen molar-refractivity contribution in [2.24, 2.45) is 0 Å². The topological polar surface area (TPSA) is 0 Å². The Labute approximate surface area is 390 Å². The molecule has 67 heavy (non-hydrogen) atoms. The van der Waals surface area contributed by atoms with Crippen molar-refractivity contribution >= 4 is 64.6 Å².